The molecule has 0 amide bonds. The molecule has 4 heteroatoms. The lowest BCUT2D eigenvalue weighted by atomic mass is 9.89. The lowest BCUT2D eigenvalue weighted by Gasteiger charge is -2.37. The molecule has 2 fully saturated rings. The van der Waals surface area contributed by atoms with Crippen LogP contribution in [0, 0.1) is 11.2 Å². The molecule has 110 valence electrons. The molecule has 1 N–H and O–H groups in total. The van der Waals surface area contributed by atoms with Gasteiger partial charge >= 0.3 is 0 Å². The molecule has 0 saturated carbocycles. The monoisotopic (exact) mass is 278 g/mol. The molecule has 20 heavy (non-hydrogen) atoms. The molecule has 0 spiro atoms. The first kappa shape index (κ1) is 14.0. The van der Waals surface area contributed by atoms with Crippen molar-refractivity contribution in [2.75, 3.05) is 39.3 Å². The summed E-state index contributed by atoms with van der Waals surface area (Å²) in [4.78, 5) is 2.42. The fourth-order valence-electron chi connectivity index (χ4n) is 3.31. The molecular weight excluding hydrogens is 255 g/mol. The highest BCUT2D eigenvalue weighted by molar-refractivity contribution is 5.20. The van der Waals surface area contributed by atoms with E-state index >= 15 is 0 Å². The van der Waals surface area contributed by atoms with Gasteiger partial charge in [0.15, 0.2) is 0 Å². The summed E-state index contributed by atoms with van der Waals surface area (Å²) < 4.78 is 19.6. The van der Waals surface area contributed by atoms with Crippen LogP contribution in [0.2, 0.25) is 0 Å². The van der Waals surface area contributed by atoms with Gasteiger partial charge in [0.25, 0.3) is 0 Å². The summed E-state index contributed by atoms with van der Waals surface area (Å²) >= 11 is 0. The van der Waals surface area contributed by atoms with Crippen LogP contribution >= 0.6 is 0 Å². The van der Waals surface area contributed by atoms with Gasteiger partial charge in [-0.15, -0.1) is 0 Å². The zero-order valence-electron chi connectivity index (χ0n) is 12.1. The number of morpholine rings is 1. The van der Waals surface area contributed by atoms with Gasteiger partial charge in [-0.05, 0) is 24.4 Å². The van der Waals surface area contributed by atoms with Crippen molar-refractivity contribution in [2.24, 2.45) is 5.41 Å². The molecule has 0 aromatic heterocycles. The fraction of sp³-hybridized carbons (Fsp3) is 0.625. The highest BCUT2D eigenvalue weighted by Gasteiger charge is 2.33. The molecule has 0 aliphatic carbocycles. The minimum absolute atomic E-state index is 0.136. The van der Waals surface area contributed by atoms with Crippen molar-refractivity contribution in [1.29, 1.82) is 0 Å². The summed E-state index contributed by atoms with van der Waals surface area (Å²) in [6.07, 6.45) is 1.08. The van der Waals surface area contributed by atoms with Crippen LogP contribution in [0.3, 0.4) is 0 Å². The van der Waals surface area contributed by atoms with Gasteiger partial charge < -0.3 is 10.1 Å². The fourth-order valence-corrected chi connectivity index (χ4v) is 3.31. The van der Waals surface area contributed by atoms with E-state index in [0.29, 0.717) is 17.6 Å². The summed E-state index contributed by atoms with van der Waals surface area (Å²) in [5.74, 6) is -0.159. The highest BCUT2D eigenvalue weighted by atomic mass is 19.1. The number of halogens is 1. The van der Waals surface area contributed by atoms with Crippen LogP contribution in [0.5, 0.6) is 0 Å². The van der Waals surface area contributed by atoms with Gasteiger partial charge in [-0.3, -0.25) is 4.90 Å². The summed E-state index contributed by atoms with van der Waals surface area (Å²) in [7, 11) is 0. The van der Waals surface area contributed by atoms with Crippen molar-refractivity contribution in [3.63, 3.8) is 0 Å². The first-order valence-electron chi connectivity index (χ1n) is 7.45. The number of ether oxygens (including phenoxy) is 1. The van der Waals surface area contributed by atoms with E-state index in [4.69, 9.17) is 4.74 Å². The quantitative estimate of drug-likeness (QED) is 0.917. The van der Waals surface area contributed by atoms with E-state index in [0.717, 1.165) is 32.7 Å². The SMILES string of the molecule is CC1(CN2CCOC(c3ccccc3F)C2)CCNC1. The van der Waals surface area contributed by atoms with E-state index in [9.17, 15) is 4.39 Å². The minimum Gasteiger partial charge on any atom is -0.371 e. The molecule has 1 aromatic rings. The topological polar surface area (TPSA) is 24.5 Å². The van der Waals surface area contributed by atoms with Gasteiger partial charge in [0.05, 0.1) is 12.7 Å². The molecule has 3 nitrogen and oxygen atoms in total. The highest BCUT2D eigenvalue weighted by Crippen LogP contribution is 2.29. The Morgan fingerprint density at radius 3 is 3.05 bits per heavy atom. The van der Waals surface area contributed by atoms with Gasteiger partial charge in [0, 0.05) is 31.7 Å². The molecule has 3 rings (SSSR count). The summed E-state index contributed by atoms with van der Waals surface area (Å²) in [6.45, 7) is 8.00. The average Bonchev–Trinajstić information content (AvgIpc) is 2.86. The minimum atomic E-state index is -0.159. The molecule has 2 saturated heterocycles. The van der Waals surface area contributed by atoms with E-state index in [-0.39, 0.29) is 11.9 Å². The number of hydrogen-bond donors (Lipinski definition) is 1. The second-order valence-corrected chi connectivity index (χ2v) is 6.35. The predicted molar refractivity (Wildman–Crippen MR) is 77.1 cm³/mol. The van der Waals surface area contributed by atoms with E-state index in [1.807, 2.05) is 12.1 Å². The van der Waals surface area contributed by atoms with Gasteiger partial charge in [0.2, 0.25) is 0 Å². The molecule has 0 radical (unpaired) electrons. The van der Waals surface area contributed by atoms with Gasteiger partial charge in [-0.2, -0.15) is 0 Å². The van der Waals surface area contributed by atoms with Crippen molar-refractivity contribution in [3.8, 4) is 0 Å². The lowest BCUT2D eigenvalue weighted by Crippen LogP contribution is -2.44. The van der Waals surface area contributed by atoms with E-state index in [1.54, 1.807) is 6.07 Å². The molecule has 1 aromatic carbocycles. The van der Waals surface area contributed by atoms with Crippen LogP contribution in [0.15, 0.2) is 24.3 Å². The van der Waals surface area contributed by atoms with Crippen LogP contribution in [0.4, 0.5) is 4.39 Å². The van der Waals surface area contributed by atoms with Crippen molar-refractivity contribution in [3.05, 3.63) is 35.6 Å². The van der Waals surface area contributed by atoms with E-state index < -0.39 is 0 Å². The maximum Gasteiger partial charge on any atom is 0.129 e. The smallest absolute Gasteiger partial charge is 0.129 e. The molecule has 2 heterocycles. The Hall–Kier alpha value is -0.970. The third-order valence-electron chi connectivity index (χ3n) is 4.47. The van der Waals surface area contributed by atoms with Crippen LogP contribution in [0.1, 0.15) is 25.0 Å². The Bertz CT molecular complexity index is 460. The standard InChI is InChI=1S/C16H23FN2O/c1-16(6-7-18-11-16)12-19-8-9-20-15(10-19)13-4-2-3-5-14(13)17/h2-5,15,18H,6-12H2,1H3. The summed E-state index contributed by atoms with van der Waals surface area (Å²) in [5.41, 5.74) is 1.03. The Morgan fingerprint density at radius 1 is 1.45 bits per heavy atom. The largest absolute Gasteiger partial charge is 0.371 e. The molecular formula is C16H23FN2O. The van der Waals surface area contributed by atoms with Crippen molar-refractivity contribution < 1.29 is 9.13 Å². The first-order valence-corrected chi connectivity index (χ1v) is 7.45. The van der Waals surface area contributed by atoms with Gasteiger partial charge in [-0.1, -0.05) is 25.1 Å². The second-order valence-electron chi connectivity index (χ2n) is 6.35. The van der Waals surface area contributed by atoms with Crippen molar-refractivity contribution in [2.45, 2.75) is 19.4 Å². The third kappa shape index (κ3) is 3.03. The van der Waals surface area contributed by atoms with E-state index in [2.05, 4.69) is 17.1 Å². The van der Waals surface area contributed by atoms with E-state index in [1.165, 1.54) is 12.5 Å². The second kappa shape index (κ2) is 5.80. The zero-order valence-corrected chi connectivity index (χ0v) is 12.1. The molecule has 2 aliphatic rings. The van der Waals surface area contributed by atoms with Gasteiger partial charge in [0.1, 0.15) is 5.82 Å². The summed E-state index contributed by atoms with van der Waals surface area (Å²) in [5, 5.41) is 3.44. The molecule has 2 unspecified atom stereocenters. The maximum absolute atomic E-state index is 13.9. The van der Waals surface area contributed by atoms with Crippen molar-refractivity contribution >= 4 is 0 Å². The third-order valence-corrected chi connectivity index (χ3v) is 4.47. The number of nitrogens with one attached hydrogen (secondary N) is 1. The Balaban J connectivity index is 1.66. The molecule has 2 aliphatic heterocycles. The maximum atomic E-state index is 13.9. The van der Waals surface area contributed by atoms with Crippen LogP contribution in [-0.4, -0.2) is 44.2 Å². The number of rotatable bonds is 3. The molecule has 0 bridgehead atoms. The zero-order chi connectivity index (χ0) is 14.0. The number of hydrogen-bond acceptors (Lipinski definition) is 3. The first-order chi connectivity index (χ1) is 9.66. The Morgan fingerprint density at radius 2 is 2.30 bits per heavy atom. The average molecular weight is 278 g/mol. The van der Waals surface area contributed by atoms with Crippen LogP contribution in [-0.2, 0) is 4.74 Å². The van der Waals surface area contributed by atoms with Gasteiger partial charge in [-0.25, -0.2) is 4.39 Å². The lowest BCUT2D eigenvalue weighted by molar-refractivity contribution is -0.0414. The van der Waals surface area contributed by atoms with Crippen LogP contribution < -0.4 is 5.32 Å². The van der Waals surface area contributed by atoms with Crippen molar-refractivity contribution in [1.82, 2.24) is 10.2 Å². The summed E-state index contributed by atoms with van der Waals surface area (Å²) in [6, 6.07) is 6.95. The number of benzene rings is 1. The Labute approximate surface area is 120 Å². The Kier molecular flexibility index (Phi) is 4.06. The normalized spacial score (nSPS) is 31.6. The predicted octanol–water partition coefficient (Wildman–Crippen LogP) is 2.20. The molecule has 2 atom stereocenters. The number of nitrogens with zero attached hydrogens (tertiary/aromatic N) is 1. The van der Waals surface area contributed by atoms with Crippen LogP contribution in [0.25, 0.3) is 0 Å².